The average molecular weight is 427 g/mol. The summed E-state index contributed by atoms with van der Waals surface area (Å²) >= 11 is 5.60. The highest BCUT2D eigenvalue weighted by Crippen LogP contribution is 2.19. The lowest BCUT2D eigenvalue weighted by Crippen LogP contribution is -3.09. The fourth-order valence-corrected chi connectivity index (χ4v) is 4.16. The Morgan fingerprint density at radius 2 is 1.77 bits per heavy atom. The minimum Gasteiger partial charge on any atom is -0.378 e. The van der Waals surface area contributed by atoms with Gasteiger partial charge >= 0.3 is 0 Å². The lowest BCUT2D eigenvalue weighted by molar-refractivity contribution is -0.894. The molecule has 1 aliphatic heterocycles. The number of hydrogen-bond donors (Lipinski definition) is 2. The number of rotatable bonds is 6. The summed E-state index contributed by atoms with van der Waals surface area (Å²) in [5.41, 5.74) is 4.15. The molecule has 2 aromatic carbocycles. The van der Waals surface area contributed by atoms with Crippen molar-refractivity contribution in [3.63, 3.8) is 0 Å². The second-order valence-electron chi connectivity index (χ2n) is 7.74. The fraction of sp³-hybridized carbons (Fsp3) is 0.364. The van der Waals surface area contributed by atoms with Crippen molar-refractivity contribution in [1.82, 2.24) is 9.13 Å². The molecule has 3 aromatic rings. The van der Waals surface area contributed by atoms with Crippen LogP contribution < -0.4 is 15.1 Å². The first-order valence-corrected chi connectivity index (χ1v) is 10.6. The summed E-state index contributed by atoms with van der Waals surface area (Å²) in [5, 5.41) is 3.00. The second kappa shape index (κ2) is 8.99. The predicted molar refractivity (Wildman–Crippen MR) is 122 cm³/mol. The van der Waals surface area contributed by atoms with Crippen LogP contribution in [-0.2, 0) is 23.2 Å². The molecule has 1 saturated heterocycles. The van der Waals surface area contributed by atoms with E-state index in [2.05, 4.69) is 26.9 Å². The number of ether oxygens (including phenoxy) is 1. The minimum absolute atomic E-state index is 0.0154. The van der Waals surface area contributed by atoms with Crippen LogP contribution in [0.2, 0.25) is 0 Å². The molecule has 2 heterocycles. The Hall–Kier alpha value is -2.68. The summed E-state index contributed by atoms with van der Waals surface area (Å²) in [5.74, 6) is -0.0154. The molecule has 0 aliphatic carbocycles. The Kier molecular flexibility index (Phi) is 6.17. The van der Waals surface area contributed by atoms with E-state index in [-0.39, 0.29) is 5.91 Å². The molecule has 1 aliphatic rings. The number of morpholine rings is 1. The van der Waals surface area contributed by atoms with Crippen LogP contribution in [0.5, 0.6) is 0 Å². The van der Waals surface area contributed by atoms with Gasteiger partial charge < -0.3 is 24.4 Å². The number of carbonyl (C=O) groups excluding carboxylic acids is 1. The first-order valence-electron chi connectivity index (χ1n) is 10.2. The SMILES string of the molecule is Cn1c(=S)n(C[NH+](C)CC(=O)Nc2ccc(N3CCOCC3)cc2)c2ccccc21. The molecule has 7 nitrogen and oxygen atoms in total. The van der Waals surface area contributed by atoms with Gasteiger partial charge in [0.2, 0.25) is 0 Å². The van der Waals surface area contributed by atoms with Crippen molar-refractivity contribution in [1.29, 1.82) is 0 Å². The Labute approximate surface area is 181 Å². The molecule has 0 bridgehead atoms. The monoisotopic (exact) mass is 426 g/mol. The summed E-state index contributed by atoms with van der Waals surface area (Å²) in [4.78, 5) is 15.9. The van der Waals surface area contributed by atoms with Gasteiger partial charge in [-0.1, -0.05) is 12.1 Å². The number of nitrogens with zero attached hydrogens (tertiary/aromatic N) is 3. The molecule has 0 radical (unpaired) electrons. The van der Waals surface area contributed by atoms with Gasteiger partial charge in [-0.05, 0) is 48.6 Å². The number of imidazole rings is 1. The maximum Gasteiger partial charge on any atom is 0.279 e. The molecule has 1 aromatic heterocycles. The lowest BCUT2D eigenvalue weighted by atomic mass is 10.2. The number of benzene rings is 2. The highest BCUT2D eigenvalue weighted by molar-refractivity contribution is 7.71. The average Bonchev–Trinajstić information content (AvgIpc) is 3.00. The van der Waals surface area contributed by atoms with E-state index in [9.17, 15) is 4.79 Å². The molecule has 8 heteroatoms. The van der Waals surface area contributed by atoms with Crippen molar-refractivity contribution in [2.75, 3.05) is 50.1 Å². The van der Waals surface area contributed by atoms with E-state index in [1.807, 2.05) is 55.1 Å². The summed E-state index contributed by atoms with van der Waals surface area (Å²) in [6.07, 6.45) is 0. The fourth-order valence-electron chi connectivity index (χ4n) is 3.90. The zero-order chi connectivity index (χ0) is 21.1. The molecule has 1 atom stereocenters. The van der Waals surface area contributed by atoms with Gasteiger partial charge in [0.25, 0.3) is 5.91 Å². The number of fused-ring (bicyclic) bond motifs is 1. The first-order chi connectivity index (χ1) is 14.5. The molecular weight excluding hydrogens is 398 g/mol. The van der Waals surface area contributed by atoms with Gasteiger partial charge in [-0.25, -0.2) is 0 Å². The maximum absolute atomic E-state index is 12.6. The molecule has 158 valence electrons. The van der Waals surface area contributed by atoms with E-state index >= 15 is 0 Å². The van der Waals surface area contributed by atoms with E-state index in [0.717, 1.165) is 58.4 Å². The molecular formula is C22H28N5O2S+. The second-order valence-corrected chi connectivity index (χ2v) is 8.11. The van der Waals surface area contributed by atoms with Gasteiger partial charge in [-0.2, -0.15) is 0 Å². The maximum atomic E-state index is 12.6. The quantitative estimate of drug-likeness (QED) is 0.589. The van der Waals surface area contributed by atoms with Crippen LogP contribution >= 0.6 is 12.2 Å². The van der Waals surface area contributed by atoms with Crippen LogP contribution in [0.4, 0.5) is 11.4 Å². The molecule has 1 unspecified atom stereocenters. The van der Waals surface area contributed by atoms with Gasteiger partial charge in [0.15, 0.2) is 18.0 Å². The number of quaternary nitrogens is 1. The van der Waals surface area contributed by atoms with Crippen molar-refractivity contribution < 1.29 is 14.4 Å². The number of aromatic nitrogens is 2. The van der Waals surface area contributed by atoms with Gasteiger partial charge in [0, 0.05) is 31.5 Å². The summed E-state index contributed by atoms with van der Waals surface area (Å²) in [6, 6.07) is 16.2. The molecule has 0 spiro atoms. The molecule has 2 N–H and O–H groups in total. The van der Waals surface area contributed by atoms with Crippen molar-refractivity contribution in [2.45, 2.75) is 6.67 Å². The number of nitrogens with one attached hydrogen (secondary N) is 2. The molecule has 30 heavy (non-hydrogen) atoms. The number of para-hydroxylation sites is 2. The zero-order valence-corrected chi connectivity index (χ0v) is 18.2. The van der Waals surface area contributed by atoms with Crippen LogP contribution in [0.1, 0.15) is 0 Å². The Morgan fingerprint density at radius 3 is 2.47 bits per heavy atom. The normalized spacial score (nSPS) is 15.3. The molecule has 4 rings (SSSR count). The topological polar surface area (TPSA) is 55.9 Å². The Bertz CT molecular complexity index is 1080. The van der Waals surface area contributed by atoms with Gasteiger partial charge in [0.05, 0.1) is 31.3 Å². The molecule has 1 amide bonds. The summed E-state index contributed by atoms with van der Waals surface area (Å²) in [6.45, 7) is 4.30. The van der Waals surface area contributed by atoms with Crippen LogP contribution in [0.15, 0.2) is 48.5 Å². The summed E-state index contributed by atoms with van der Waals surface area (Å²) < 4.78 is 10.3. The van der Waals surface area contributed by atoms with Gasteiger partial charge in [0.1, 0.15) is 0 Å². The van der Waals surface area contributed by atoms with Crippen molar-refractivity contribution in [3.05, 3.63) is 53.3 Å². The van der Waals surface area contributed by atoms with Crippen molar-refractivity contribution in [3.8, 4) is 0 Å². The standard InChI is InChI=1S/C22H27N5O2S/c1-24(16-27-20-6-4-3-5-19(20)25(2)22(27)30)15-21(28)23-17-7-9-18(10-8-17)26-11-13-29-14-12-26/h3-10H,11-16H2,1-2H3,(H,23,28)/p+1. The third-order valence-electron chi connectivity index (χ3n) is 5.47. The Balaban J connectivity index is 1.36. The van der Waals surface area contributed by atoms with Crippen LogP contribution in [0.25, 0.3) is 11.0 Å². The van der Waals surface area contributed by atoms with E-state index in [1.54, 1.807) is 0 Å². The zero-order valence-electron chi connectivity index (χ0n) is 17.4. The number of amides is 1. The molecule has 1 fully saturated rings. The lowest BCUT2D eigenvalue weighted by Gasteiger charge is -2.28. The minimum atomic E-state index is -0.0154. The van der Waals surface area contributed by atoms with Crippen LogP contribution in [-0.4, -0.2) is 54.9 Å². The molecule has 0 saturated carbocycles. The first kappa shape index (κ1) is 20.6. The Morgan fingerprint density at radius 1 is 1.10 bits per heavy atom. The number of aryl methyl sites for hydroxylation is 1. The third kappa shape index (κ3) is 4.40. The van der Waals surface area contributed by atoms with Crippen LogP contribution in [0, 0.1) is 4.77 Å². The largest absolute Gasteiger partial charge is 0.378 e. The highest BCUT2D eigenvalue weighted by Gasteiger charge is 2.15. The highest BCUT2D eigenvalue weighted by atomic mass is 32.1. The number of likely N-dealkylation sites (N-methyl/N-ethyl adjacent to an activating group) is 1. The smallest absolute Gasteiger partial charge is 0.279 e. The van der Waals surface area contributed by atoms with E-state index in [4.69, 9.17) is 17.0 Å². The summed E-state index contributed by atoms with van der Waals surface area (Å²) in [7, 11) is 3.98. The third-order valence-corrected chi connectivity index (χ3v) is 5.96. The van der Waals surface area contributed by atoms with Gasteiger partial charge in [-0.15, -0.1) is 0 Å². The predicted octanol–water partition coefficient (Wildman–Crippen LogP) is 1.66. The van der Waals surface area contributed by atoms with E-state index < -0.39 is 0 Å². The van der Waals surface area contributed by atoms with E-state index in [0.29, 0.717) is 13.2 Å². The van der Waals surface area contributed by atoms with E-state index in [1.165, 1.54) is 0 Å². The van der Waals surface area contributed by atoms with Gasteiger partial charge in [-0.3, -0.25) is 9.36 Å². The van der Waals surface area contributed by atoms with Crippen molar-refractivity contribution >= 4 is 40.5 Å². The number of carbonyl (C=O) groups is 1. The van der Waals surface area contributed by atoms with Crippen LogP contribution in [0.3, 0.4) is 0 Å². The number of anilines is 2. The number of hydrogen-bond acceptors (Lipinski definition) is 4. The van der Waals surface area contributed by atoms with Crippen molar-refractivity contribution in [2.24, 2.45) is 7.05 Å².